The number of unbranched alkanes of at least 4 members (excludes halogenated alkanes) is 2. The smallest absolute Gasteiger partial charge is 0.323 e. The minimum absolute atomic E-state index is 0.0532. The number of carbonyl (C=O) groups is 3. The molecule has 0 spiro atoms. The maximum atomic E-state index is 12.6. The fourth-order valence-electron chi connectivity index (χ4n) is 4.04. The van der Waals surface area contributed by atoms with Crippen LogP contribution in [0.5, 0.6) is 5.75 Å². The number of hydrogen-bond acceptors (Lipinski definition) is 6. The Morgan fingerprint density at radius 2 is 1.91 bits per heavy atom. The van der Waals surface area contributed by atoms with Crippen LogP contribution < -0.4 is 10.1 Å². The number of ether oxygens (including phenoxy) is 1. The van der Waals surface area contributed by atoms with Crippen LogP contribution in [0.15, 0.2) is 47.5 Å². The minimum atomic E-state index is -1.04. The standard InChI is InChI=1S/C25H27ClN4O5/c26-19-7-5-17(6-8-19)13-29(16-24(33)34)23(32)4-2-1-3-11-35-20-9-10-21-18(12-20)14-30-15-22(31)28-25(30)27-21/h5-10,12H,1-4,11,13-16H2,(H,33,34)(H,27,28,31). The first-order chi connectivity index (χ1) is 16.9. The predicted octanol–water partition coefficient (Wildman–Crippen LogP) is 3.33. The highest BCUT2D eigenvalue weighted by Gasteiger charge is 2.29. The van der Waals surface area contributed by atoms with E-state index in [2.05, 4.69) is 10.3 Å². The zero-order valence-corrected chi connectivity index (χ0v) is 20.0. The molecule has 2 aliphatic rings. The summed E-state index contributed by atoms with van der Waals surface area (Å²) in [4.78, 5) is 43.1. The van der Waals surface area contributed by atoms with Crippen LogP contribution >= 0.6 is 11.6 Å². The molecule has 10 heteroatoms. The zero-order chi connectivity index (χ0) is 24.8. The first kappa shape index (κ1) is 24.5. The molecule has 0 atom stereocenters. The van der Waals surface area contributed by atoms with Crippen LogP contribution in [0, 0.1) is 0 Å². The second kappa shape index (κ2) is 11.2. The van der Waals surface area contributed by atoms with Crippen LogP contribution in [0.1, 0.15) is 36.8 Å². The van der Waals surface area contributed by atoms with Crippen molar-refractivity contribution in [2.24, 2.45) is 4.99 Å². The third kappa shape index (κ3) is 6.73. The summed E-state index contributed by atoms with van der Waals surface area (Å²) >= 11 is 5.89. The van der Waals surface area contributed by atoms with Gasteiger partial charge in [-0.3, -0.25) is 19.7 Å². The number of hydrogen-bond donors (Lipinski definition) is 2. The van der Waals surface area contributed by atoms with E-state index in [1.807, 2.05) is 23.1 Å². The molecule has 2 N–H and O–H groups in total. The van der Waals surface area contributed by atoms with E-state index >= 15 is 0 Å². The number of aliphatic imine (C=N–C) groups is 1. The molecule has 0 radical (unpaired) electrons. The third-order valence-electron chi connectivity index (χ3n) is 5.79. The van der Waals surface area contributed by atoms with Crippen molar-refractivity contribution < 1.29 is 24.2 Å². The number of nitrogens with zero attached hydrogens (tertiary/aromatic N) is 3. The summed E-state index contributed by atoms with van der Waals surface area (Å²) in [6.07, 6.45) is 2.49. The quantitative estimate of drug-likeness (QED) is 0.460. The summed E-state index contributed by atoms with van der Waals surface area (Å²) in [5.41, 5.74) is 2.67. The lowest BCUT2D eigenvalue weighted by molar-refractivity contribution is -0.145. The number of fused-ring (bicyclic) bond motifs is 2. The number of carboxylic acids is 1. The van der Waals surface area contributed by atoms with Crippen molar-refractivity contribution in [1.82, 2.24) is 15.1 Å². The number of halogens is 1. The van der Waals surface area contributed by atoms with Gasteiger partial charge in [0, 0.05) is 30.1 Å². The average Bonchev–Trinajstić information content (AvgIpc) is 3.18. The maximum absolute atomic E-state index is 12.6. The third-order valence-corrected chi connectivity index (χ3v) is 6.04. The summed E-state index contributed by atoms with van der Waals surface area (Å²) in [6.45, 7) is 1.32. The zero-order valence-electron chi connectivity index (χ0n) is 19.2. The highest BCUT2D eigenvalue weighted by atomic mass is 35.5. The molecule has 2 heterocycles. The highest BCUT2D eigenvalue weighted by Crippen LogP contribution is 2.30. The van der Waals surface area contributed by atoms with E-state index in [0.717, 1.165) is 35.4 Å². The largest absolute Gasteiger partial charge is 0.494 e. The van der Waals surface area contributed by atoms with Gasteiger partial charge in [0.1, 0.15) is 18.8 Å². The Balaban J connectivity index is 1.19. The maximum Gasteiger partial charge on any atom is 0.323 e. The summed E-state index contributed by atoms with van der Waals surface area (Å²) < 4.78 is 5.87. The SMILES string of the molecule is O=C(O)CN(Cc1ccc(Cl)cc1)C(=O)CCCCCOc1ccc2c(c1)CN1CC(=O)NC1=N2. The van der Waals surface area contributed by atoms with Gasteiger partial charge in [0.2, 0.25) is 17.8 Å². The van der Waals surface area contributed by atoms with Gasteiger partial charge in [-0.05, 0) is 55.2 Å². The topological polar surface area (TPSA) is 112 Å². The molecule has 2 aromatic carbocycles. The van der Waals surface area contributed by atoms with E-state index in [-0.39, 0.29) is 31.3 Å². The van der Waals surface area contributed by atoms with Crippen LogP contribution in [0.4, 0.5) is 5.69 Å². The molecule has 184 valence electrons. The van der Waals surface area contributed by atoms with Crippen LogP contribution in [-0.4, -0.2) is 58.3 Å². The Kier molecular flexibility index (Phi) is 7.87. The number of nitrogens with one attached hydrogen (secondary N) is 1. The number of carboxylic acid groups (broad SMARTS) is 1. The summed E-state index contributed by atoms with van der Waals surface area (Å²) in [6, 6.07) is 12.7. The molecule has 0 aromatic heterocycles. The van der Waals surface area contributed by atoms with Gasteiger partial charge in [0.25, 0.3) is 0 Å². The van der Waals surface area contributed by atoms with Crippen LogP contribution in [0.2, 0.25) is 5.02 Å². The van der Waals surface area contributed by atoms with Crippen molar-refractivity contribution in [2.45, 2.75) is 38.8 Å². The van der Waals surface area contributed by atoms with Crippen molar-refractivity contribution in [2.75, 3.05) is 19.7 Å². The van der Waals surface area contributed by atoms with Crippen molar-refractivity contribution in [1.29, 1.82) is 0 Å². The minimum Gasteiger partial charge on any atom is -0.494 e. The predicted molar refractivity (Wildman–Crippen MR) is 131 cm³/mol. The molecule has 1 saturated heterocycles. The summed E-state index contributed by atoms with van der Waals surface area (Å²) in [7, 11) is 0. The lowest BCUT2D eigenvalue weighted by atomic mass is 10.1. The fourth-order valence-corrected chi connectivity index (χ4v) is 4.16. The van der Waals surface area contributed by atoms with Gasteiger partial charge in [0.05, 0.1) is 12.3 Å². The molecule has 4 rings (SSSR count). The molecular weight excluding hydrogens is 472 g/mol. The normalized spacial score (nSPS) is 14.0. The second-order valence-corrected chi connectivity index (χ2v) is 9.00. The van der Waals surface area contributed by atoms with Crippen molar-refractivity contribution in [3.63, 3.8) is 0 Å². The van der Waals surface area contributed by atoms with Gasteiger partial charge in [-0.2, -0.15) is 0 Å². The highest BCUT2D eigenvalue weighted by molar-refractivity contribution is 6.30. The Bertz CT molecular complexity index is 1140. The molecule has 2 aliphatic heterocycles. The van der Waals surface area contributed by atoms with E-state index in [4.69, 9.17) is 16.3 Å². The average molecular weight is 499 g/mol. The van der Waals surface area contributed by atoms with E-state index in [0.29, 0.717) is 37.1 Å². The molecule has 0 bridgehead atoms. The number of carbonyl (C=O) groups excluding carboxylic acids is 2. The van der Waals surface area contributed by atoms with Crippen LogP contribution in [-0.2, 0) is 27.5 Å². The summed E-state index contributed by atoms with van der Waals surface area (Å²) in [5.74, 6) is 0.0592. The lowest BCUT2D eigenvalue weighted by Gasteiger charge is -2.23. The van der Waals surface area contributed by atoms with Gasteiger partial charge >= 0.3 is 5.97 Å². The molecule has 9 nitrogen and oxygen atoms in total. The molecular formula is C25H27ClN4O5. The Hall–Kier alpha value is -3.59. The monoisotopic (exact) mass is 498 g/mol. The summed E-state index contributed by atoms with van der Waals surface area (Å²) in [5, 5.41) is 12.5. The van der Waals surface area contributed by atoms with Crippen molar-refractivity contribution in [3.05, 3.63) is 58.6 Å². The fraction of sp³-hybridized carbons (Fsp3) is 0.360. The molecule has 35 heavy (non-hydrogen) atoms. The molecule has 0 unspecified atom stereocenters. The Labute approximate surface area is 208 Å². The van der Waals surface area contributed by atoms with Gasteiger partial charge in [-0.25, -0.2) is 4.99 Å². The molecule has 0 saturated carbocycles. The van der Waals surface area contributed by atoms with E-state index in [1.165, 1.54) is 4.90 Å². The first-order valence-corrected chi connectivity index (χ1v) is 11.9. The first-order valence-electron chi connectivity index (χ1n) is 11.5. The van der Waals surface area contributed by atoms with Gasteiger partial charge < -0.3 is 19.6 Å². The Morgan fingerprint density at radius 1 is 1.11 bits per heavy atom. The van der Waals surface area contributed by atoms with Crippen LogP contribution in [0.3, 0.4) is 0 Å². The second-order valence-electron chi connectivity index (χ2n) is 8.56. The van der Waals surface area contributed by atoms with Crippen molar-refractivity contribution in [3.8, 4) is 5.75 Å². The van der Waals surface area contributed by atoms with E-state index in [9.17, 15) is 19.5 Å². The molecule has 0 aliphatic carbocycles. The van der Waals surface area contributed by atoms with E-state index in [1.54, 1.807) is 24.3 Å². The van der Waals surface area contributed by atoms with Crippen LogP contribution in [0.25, 0.3) is 0 Å². The van der Waals surface area contributed by atoms with Gasteiger partial charge in [-0.15, -0.1) is 0 Å². The molecule has 1 fully saturated rings. The molecule has 2 aromatic rings. The number of amides is 2. The number of rotatable bonds is 11. The van der Waals surface area contributed by atoms with Gasteiger partial charge in [-0.1, -0.05) is 23.7 Å². The lowest BCUT2D eigenvalue weighted by Crippen LogP contribution is -2.35. The number of aliphatic carboxylic acids is 1. The van der Waals surface area contributed by atoms with Crippen molar-refractivity contribution >= 4 is 41.0 Å². The van der Waals surface area contributed by atoms with E-state index < -0.39 is 5.97 Å². The van der Waals surface area contributed by atoms with Gasteiger partial charge in [0.15, 0.2) is 0 Å². The Morgan fingerprint density at radius 3 is 2.69 bits per heavy atom. The number of guanidine groups is 1. The molecule has 2 amide bonds. The number of benzene rings is 2.